The minimum Gasteiger partial charge on any atom is -0.319 e. The smallest absolute Gasteiger partial charge is 0.292 e. The molecule has 1 aromatic rings. The molecule has 1 amide bonds. The molecule has 19 heavy (non-hydrogen) atoms. The molecule has 2 N–H and O–H groups in total. The SMILES string of the molecule is CC1(C(=O)Nc2cc(Cl)ccc2[N+](=O)[O-])CCCN1. The molecule has 1 heterocycles. The molecule has 0 spiro atoms. The molecule has 1 aliphatic rings. The third-order valence-corrected chi connectivity index (χ3v) is 3.51. The topological polar surface area (TPSA) is 84.3 Å². The molecule has 0 saturated carbocycles. The number of anilines is 1. The van der Waals surface area contributed by atoms with E-state index in [1.54, 1.807) is 6.92 Å². The lowest BCUT2D eigenvalue weighted by Crippen LogP contribution is -2.48. The lowest BCUT2D eigenvalue weighted by molar-refractivity contribution is -0.383. The van der Waals surface area contributed by atoms with Crippen LogP contribution < -0.4 is 10.6 Å². The van der Waals surface area contributed by atoms with Crippen molar-refractivity contribution in [2.45, 2.75) is 25.3 Å². The van der Waals surface area contributed by atoms with E-state index >= 15 is 0 Å². The Morgan fingerprint density at radius 2 is 2.32 bits per heavy atom. The van der Waals surface area contributed by atoms with Gasteiger partial charge in [0.2, 0.25) is 5.91 Å². The van der Waals surface area contributed by atoms with Crippen molar-refractivity contribution in [3.05, 3.63) is 33.3 Å². The van der Waals surface area contributed by atoms with Gasteiger partial charge >= 0.3 is 0 Å². The summed E-state index contributed by atoms with van der Waals surface area (Å²) in [6, 6.07) is 4.09. The monoisotopic (exact) mass is 283 g/mol. The van der Waals surface area contributed by atoms with Gasteiger partial charge in [-0.2, -0.15) is 0 Å². The number of hydrogen-bond acceptors (Lipinski definition) is 4. The van der Waals surface area contributed by atoms with Crippen LogP contribution in [0.5, 0.6) is 0 Å². The van der Waals surface area contributed by atoms with Crippen molar-refractivity contribution in [1.29, 1.82) is 0 Å². The van der Waals surface area contributed by atoms with E-state index in [1.807, 2.05) is 0 Å². The second-order valence-corrected chi connectivity index (χ2v) is 5.17. The van der Waals surface area contributed by atoms with Crippen LogP contribution in [-0.4, -0.2) is 22.9 Å². The largest absolute Gasteiger partial charge is 0.319 e. The highest BCUT2D eigenvalue weighted by molar-refractivity contribution is 6.31. The Kier molecular flexibility index (Phi) is 3.73. The van der Waals surface area contributed by atoms with E-state index in [-0.39, 0.29) is 17.3 Å². The molecule has 1 atom stereocenters. The zero-order chi connectivity index (χ0) is 14.0. The maximum atomic E-state index is 12.2. The predicted octanol–water partition coefficient (Wildman–Crippen LogP) is 2.33. The molecule has 1 aromatic carbocycles. The van der Waals surface area contributed by atoms with Crippen LogP contribution in [0.1, 0.15) is 19.8 Å². The van der Waals surface area contributed by atoms with Crippen LogP contribution in [0.15, 0.2) is 18.2 Å². The minimum atomic E-state index is -0.684. The Hall–Kier alpha value is -1.66. The molecule has 1 saturated heterocycles. The number of nitro benzene ring substituents is 1. The molecule has 1 unspecified atom stereocenters. The van der Waals surface area contributed by atoms with Gasteiger partial charge in [-0.05, 0) is 38.4 Å². The Bertz CT molecular complexity index is 527. The van der Waals surface area contributed by atoms with Gasteiger partial charge in [0.25, 0.3) is 5.69 Å². The summed E-state index contributed by atoms with van der Waals surface area (Å²) in [7, 11) is 0. The van der Waals surface area contributed by atoms with Crippen LogP contribution >= 0.6 is 11.6 Å². The second-order valence-electron chi connectivity index (χ2n) is 4.74. The lowest BCUT2D eigenvalue weighted by Gasteiger charge is -2.22. The third-order valence-electron chi connectivity index (χ3n) is 3.27. The number of hydrogen-bond donors (Lipinski definition) is 2. The van der Waals surface area contributed by atoms with Crippen molar-refractivity contribution in [3.8, 4) is 0 Å². The van der Waals surface area contributed by atoms with Crippen molar-refractivity contribution in [2.75, 3.05) is 11.9 Å². The first-order valence-electron chi connectivity index (χ1n) is 5.93. The fourth-order valence-corrected chi connectivity index (χ4v) is 2.29. The first-order chi connectivity index (χ1) is 8.92. The van der Waals surface area contributed by atoms with Gasteiger partial charge < -0.3 is 10.6 Å². The lowest BCUT2D eigenvalue weighted by atomic mass is 9.99. The van der Waals surface area contributed by atoms with Crippen molar-refractivity contribution in [3.63, 3.8) is 0 Å². The zero-order valence-electron chi connectivity index (χ0n) is 10.4. The number of nitro groups is 1. The van der Waals surface area contributed by atoms with E-state index in [1.165, 1.54) is 18.2 Å². The molecule has 102 valence electrons. The summed E-state index contributed by atoms with van der Waals surface area (Å²) in [4.78, 5) is 22.5. The number of amides is 1. The molecule has 1 fully saturated rings. The number of carbonyl (C=O) groups is 1. The highest BCUT2D eigenvalue weighted by Gasteiger charge is 2.36. The first-order valence-corrected chi connectivity index (χ1v) is 6.30. The summed E-state index contributed by atoms with van der Waals surface area (Å²) < 4.78 is 0. The Balaban J connectivity index is 2.25. The summed E-state index contributed by atoms with van der Waals surface area (Å²) >= 11 is 5.81. The fourth-order valence-electron chi connectivity index (χ4n) is 2.12. The summed E-state index contributed by atoms with van der Waals surface area (Å²) in [5.74, 6) is -0.282. The zero-order valence-corrected chi connectivity index (χ0v) is 11.2. The van der Waals surface area contributed by atoms with Gasteiger partial charge in [0.1, 0.15) is 5.69 Å². The van der Waals surface area contributed by atoms with Crippen LogP contribution in [0.3, 0.4) is 0 Å². The van der Waals surface area contributed by atoms with E-state index in [9.17, 15) is 14.9 Å². The van der Waals surface area contributed by atoms with Gasteiger partial charge in [0.15, 0.2) is 0 Å². The molecular formula is C12H14ClN3O3. The summed E-state index contributed by atoms with van der Waals surface area (Å²) in [6.07, 6.45) is 1.61. The van der Waals surface area contributed by atoms with Crippen LogP contribution in [0.4, 0.5) is 11.4 Å². The second kappa shape index (κ2) is 5.14. The maximum Gasteiger partial charge on any atom is 0.292 e. The van der Waals surface area contributed by atoms with Crippen molar-refractivity contribution in [1.82, 2.24) is 5.32 Å². The van der Waals surface area contributed by atoms with Gasteiger partial charge in [-0.25, -0.2) is 0 Å². The number of benzene rings is 1. The van der Waals surface area contributed by atoms with Crippen molar-refractivity contribution in [2.24, 2.45) is 0 Å². The van der Waals surface area contributed by atoms with Gasteiger partial charge in [0, 0.05) is 11.1 Å². The predicted molar refractivity (Wildman–Crippen MR) is 72.4 cm³/mol. The van der Waals surface area contributed by atoms with Crippen molar-refractivity contribution >= 4 is 28.9 Å². The van der Waals surface area contributed by atoms with E-state index in [0.717, 1.165) is 13.0 Å². The Morgan fingerprint density at radius 1 is 1.58 bits per heavy atom. The number of carbonyl (C=O) groups excluding carboxylic acids is 1. The van der Waals surface area contributed by atoms with Crippen LogP contribution in [0.2, 0.25) is 5.02 Å². The van der Waals surface area contributed by atoms with Gasteiger partial charge in [-0.15, -0.1) is 0 Å². The molecule has 0 bridgehead atoms. The quantitative estimate of drug-likeness (QED) is 0.659. The Morgan fingerprint density at radius 3 is 2.89 bits per heavy atom. The van der Waals surface area contributed by atoms with Crippen LogP contribution in [-0.2, 0) is 4.79 Å². The summed E-state index contributed by atoms with van der Waals surface area (Å²) in [5.41, 5.74) is -0.729. The maximum absolute atomic E-state index is 12.2. The highest BCUT2D eigenvalue weighted by atomic mass is 35.5. The molecule has 0 aromatic heterocycles. The van der Waals surface area contributed by atoms with Crippen LogP contribution in [0, 0.1) is 10.1 Å². The molecule has 6 nitrogen and oxygen atoms in total. The molecule has 0 aliphatic carbocycles. The van der Waals surface area contributed by atoms with E-state index < -0.39 is 10.5 Å². The standard InChI is InChI=1S/C12H14ClN3O3/c1-12(5-2-6-14-12)11(17)15-9-7-8(13)3-4-10(9)16(18)19/h3-4,7,14H,2,5-6H2,1H3,(H,15,17). The molecular weight excluding hydrogens is 270 g/mol. The summed E-state index contributed by atoms with van der Waals surface area (Å²) in [6.45, 7) is 2.55. The minimum absolute atomic E-state index is 0.123. The van der Waals surface area contributed by atoms with Crippen LogP contribution in [0.25, 0.3) is 0 Å². The summed E-state index contributed by atoms with van der Waals surface area (Å²) in [5, 5.41) is 16.9. The molecule has 7 heteroatoms. The van der Waals surface area contributed by atoms with E-state index in [0.29, 0.717) is 11.4 Å². The molecule has 2 rings (SSSR count). The number of halogens is 1. The van der Waals surface area contributed by atoms with Crippen molar-refractivity contribution < 1.29 is 9.72 Å². The molecule has 1 aliphatic heterocycles. The Labute approximate surface area is 115 Å². The average Bonchev–Trinajstić information content (AvgIpc) is 2.77. The number of nitrogens with zero attached hydrogens (tertiary/aromatic N) is 1. The first kappa shape index (κ1) is 13.8. The van der Waals surface area contributed by atoms with E-state index in [4.69, 9.17) is 11.6 Å². The van der Waals surface area contributed by atoms with E-state index in [2.05, 4.69) is 10.6 Å². The third kappa shape index (κ3) is 2.85. The van der Waals surface area contributed by atoms with Gasteiger partial charge in [0.05, 0.1) is 10.5 Å². The highest BCUT2D eigenvalue weighted by Crippen LogP contribution is 2.29. The normalized spacial score (nSPS) is 22.2. The number of nitrogens with one attached hydrogen (secondary N) is 2. The van der Waals surface area contributed by atoms with Gasteiger partial charge in [-0.1, -0.05) is 11.6 Å². The molecule has 0 radical (unpaired) electrons. The fraction of sp³-hybridized carbons (Fsp3) is 0.417. The average molecular weight is 284 g/mol. The van der Waals surface area contributed by atoms with Gasteiger partial charge in [-0.3, -0.25) is 14.9 Å². The number of rotatable bonds is 3.